The van der Waals surface area contributed by atoms with Crippen LogP contribution in [-0.4, -0.2) is 84.8 Å². The lowest BCUT2D eigenvalue weighted by Crippen LogP contribution is -2.56. The molecule has 0 bridgehead atoms. The fourth-order valence-electron chi connectivity index (χ4n) is 5.45. The normalized spacial score (nSPS) is 21.9. The number of hydrogen-bond acceptors (Lipinski definition) is 5. The molecule has 0 spiro atoms. The highest BCUT2D eigenvalue weighted by Gasteiger charge is 2.71. The molecular weight excluding hydrogens is 642 g/mol. The van der Waals surface area contributed by atoms with Crippen molar-refractivity contribution in [1.29, 1.82) is 0 Å². The first-order valence-corrected chi connectivity index (χ1v) is 14.3. The van der Waals surface area contributed by atoms with Gasteiger partial charge in [0, 0.05) is 44.6 Å². The van der Waals surface area contributed by atoms with Crippen molar-refractivity contribution in [2.75, 3.05) is 26.2 Å². The van der Waals surface area contributed by atoms with Crippen molar-refractivity contribution in [3.05, 3.63) is 65.5 Å². The van der Waals surface area contributed by atoms with Crippen LogP contribution in [0.3, 0.4) is 0 Å². The number of carbonyl (C=O) groups excluding carboxylic acids is 1. The smallest absolute Gasteiger partial charge is 0.380 e. The van der Waals surface area contributed by atoms with E-state index in [1.807, 2.05) is 0 Å². The Morgan fingerprint density at radius 2 is 1.23 bits per heavy atom. The van der Waals surface area contributed by atoms with E-state index in [1.165, 1.54) is 0 Å². The van der Waals surface area contributed by atoms with Crippen LogP contribution in [0.1, 0.15) is 30.4 Å². The van der Waals surface area contributed by atoms with E-state index < -0.39 is 106 Å². The molecule has 7 nitrogen and oxygen atoms in total. The van der Waals surface area contributed by atoms with Gasteiger partial charge in [-0.15, -0.1) is 0 Å². The quantitative estimate of drug-likeness (QED) is 0.353. The van der Waals surface area contributed by atoms with Gasteiger partial charge in [-0.1, -0.05) is 24.3 Å². The highest BCUT2D eigenvalue weighted by Crippen LogP contribution is 2.51. The van der Waals surface area contributed by atoms with Gasteiger partial charge in [0.25, 0.3) is 5.60 Å². The number of amides is 2. The number of aliphatic hydroxyl groups is 2. The van der Waals surface area contributed by atoms with Crippen LogP contribution >= 0.6 is 0 Å². The summed E-state index contributed by atoms with van der Waals surface area (Å²) in [6, 6.07) is 4.21. The van der Waals surface area contributed by atoms with Crippen LogP contribution in [0.5, 0.6) is 0 Å². The summed E-state index contributed by atoms with van der Waals surface area (Å²) in [5, 5.41) is 19.6. The molecule has 1 atom stereocenters. The molecule has 2 amide bonds. The number of urea groups is 1. The first-order chi connectivity index (χ1) is 20.0. The van der Waals surface area contributed by atoms with Crippen LogP contribution in [0.15, 0.2) is 53.4 Å². The topological polar surface area (TPSA) is 98.2 Å². The summed E-state index contributed by atoms with van der Waals surface area (Å²) in [7, 11) is -4.69. The average Bonchev–Trinajstić information content (AvgIpc) is 3.39. The highest BCUT2D eigenvalue weighted by atomic mass is 32.2. The van der Waals surface area contributed by atoms with Gasteiger partial charge in [-0.2, -0.15) is 39.5 Å². The van der Waals surface area contributed by atoms with Gasteiger partial charge in [-0.3, -0.25) is 0 Å². The van der Waals surface area contributed by atoms with E-state index >= 15 is 0 Å². The van der Waals surface area contributed by atoms with Crippen LogP contribution in [0.4, 0.5) is 48.7 Å². The van der Waals surface area contributed by atoms with Crippen LogP contribution in [0.2, 0.25) is 0 Å². The SMILES string of the molecule is O=C(N1CCC(O)(C(F)(F)F)CC1)N1CCC(c2ccc(C(O)(C(F)(F)F)C(F)(F)F)cc2)(S(=O)(=O)c2ccc(F)cc2)C1. The van der Waals surface area contributed by atoms with Crippen molar-refractivity contribution in [3.63, 3.8) is 0 Å². The third kappa shape index (κ3) is 5.37. The lowest BCUT2D eigenvalue weighted by atomic mass is 9.89. The minimum Gasteiger partial charge on any atom is -0.380 e. The van der Waals surface area contributed by atoms with Crippen molar-refractivity contribution in [3.8, 4) is 0 Å². The largest absolute Gasteiger partial charge is 0.430 e. The molecule has 2 aliphatic heterocycles. The zero-order valence-corrected chi connectivity index (χ0v) is 23.1. The Kier molecular flexibility index (Phi) is 8.25. The van der Waals surface area contributed by atoms with Crippen molar-refractivity contribution in [2.24, 2.45) is 0 Å². The minimum absolute atomic E-state index is 0.255. The molecule has 0 aliphatic carbocycles. The standard InChI is InChI=1S/C26H24F10N2O5S/c27-18-5-7-19(8-6-18)44(42,43)21(16-1-3-17(4-2-16)23(41,25(31,32)33)26(34,35)36)9-12-38(15-21)20(39)37-13-10-22(40,11-14-37)24(28,29)30/h1-8,40-41H,9-15H2. The van der Waals surface area contributed by atoms with Crippen molar-refractivity contribution in [1.82, 2.24) is 9.80 Å². The highest BCUT2D eigenvalue weighted by molar-refractivity contribution is 7.92. The number of hydrogen-bond donors (Lipinski definition) is 2. The van der Waals surface area contributed by atoms with Gasteiger partial charge in [-0.05, 0) is 36.2 Å². The van der Waals surface area contributed by atoms with Gasteiger partial charge >= 0.3 is 24.6 Å². The molecule has 2 aromatic rings. The zero-order valence-electron chi connectivity index (χ0n) is 22.3. The summed E-state index contributed by atoms with van der Waals surface area (Å²) in [4.78, 5) is 14.7. The van der Waals surface area contributed by atoms with Gasteiger partial charge in [0.15, 0.2) is 15.4 Å². The third-order valence-corrected chi connectivity index (χ3v) is 10.7. The monoisotopic (exact) mass is 666 g/mol. The Labute approximate surface area is 243 Å². The molecule has 44 heavy (non-hydrogen) atoms. The molecule has 18 heteroatoms. The predicted octanol–water partition coefficient (Wildman–Crippen LogP) is 5.02. The summed E-state index contributed by atoms with van der Waals surface area (Å²) in [5.41, 5.74) is -10.4. The van der Waals surface area contributed by atoms with E-state index in [0.717, 1.165) is 34.1 Å². The van der Waals surface area contributed by atoms with E-state index in [1.54, 1.807) is 0 Å². The molecular formula is C26H24F10N2O5S. The van der Waals surface area contributed by atoms with E-state index in [4.69, 9.17) is 0 Å². The van der Waals surface area contributed by atoms with Crippen molar-refractivity contribution < 1.29 is 67.3 Å². The van der Waals surface area contributed by atoms with Crippen LogP contribution in [-0.2, 0) is 20.2 Å². The predicted molar refractivity (Wildman–Crippen MR) is 131 cm³/mol. The molecule has 1 unspecified atom stereocenters. The van der Waals surface area contributed by atoms with Gasteiger partial charge in [0.05, 0.1) is 4.90 Å². The maximum absolute atomic E-state index is 14.0. The third-order valence-electron chi connectivity index (χ3n) is 8.18. The maximum atomic E-state index is 14.0. The van der Waals surface area contributed by atoms with E-state index in [9.17, 15) is 67.3 Å². The number of sulfone groups is 1. The second-order valence-electron chi connectivity index (χ2n) is 10.7. The fourth-order valence-corrected chi connectivity index (χ4v) is 7.53. The van der Waals surface area contributed by atoms with Gasteiger partial charge < -0.3 is 20.0 Å². The molecule has 2 aliphatic rings. The molecule has 2 N–H and O–H groups in total. The second kappa shape index (κ2) is 10.8. The molecule has 2 saturated heterocycles. The number of likely N-dealkylation sites (tertiary alicyclic amines) is 2. The number of rotatable bonds is 4. The molecule has 2 fully saturated rings. The maximum Gasteiger partial charge on any atom is 0.430 e. The number of halogens is 10. The molecule has 4 rings (SSSR count). The number of benzene rings is 2. The number of carbonyl (C=O) groups is 1. The minimum atomic E-state index is -6.21. The van der Waals surface area contributed by atoms with Crippen molar-refractivity contribution in [2.45, 2.75) is 58.6 Å². The first kappa shape index (κ1) is 33.8. The molecule has 2 heterocycles. The van der Waals surface area contributed by atoms with Gasteiger partial charge in [0.1, 0.15) is 10.6 Å². The first-order valence-electron chi connectivity index (χ1n) is 12.8. The van der Waals surface area contributed by atoms with Crippen LogP contribution < -0.4 is 0 Å². The van der Waals surface area contributed by atoms with E-state index in [0.29, 0.717) is 12.1 Å². The lowest BCUT2D eigenvalue weighted by Gasteiger charge is -2.40. The fraction of sp³-hybridized carbons (Fsp3) is 0.500. The summed E-state index contributed by atoms with van der Waals surface area (Å²) in [6.07, 6.45) is -19.6. The zero-order chi connectivity index (χ0) is 33.1. The summed E-state index contributed by atoms with van der Waals surface area (Å²) < 4.78 is 159. The summed E-state index contributed by atoms with van der Waals surface area (Å²) >= 11 is 0. The van der Waals surface area contributed by atoms with Crippen LogP contribution in [0.25, 0.3) is 0 Å². The molecule has 0 radical (unpaired) electrons. The lowest BCUT2D eigenvalue weighted by molar-refractivity contribution is -0.376. The molecule has 2 aromatic carbocycles. The van der Waals surface area contributed by atoms with Gasteiger partial charge in [-0.25, -0.2) is 17.6 Å². The summed E-state index contributed by atoms with van der Waals surface area (Å²) in [5.74, 6) is -0.826. The number of piperidine rings is 1. The Morgan fingerprint density at radius 1 is 0.750 bits per heavy atom. The van der Waals surface area contributed by atoms with Gasteiger partial charge in [0.2, 0.25) is 0 Å². The Bertz CT molecular complexity index is 1470. The number of alkyl halides is 9. The van der Waals surface area contributed by atoms with Crippen molar-refractivity contribution >= 4 is 15.9 Å². The molecule has 244 valence electrons. The second-order valence-corrected chi connectivity index (χ2v) is 13.0. The molecule has 0 saturated carbocycles. The van der Waals surface area contributed by atoms with Crippen LogP contribution in [0, 0.1) is 5.82 Å². The number of nitrogens with zero attached hydrogens (tertiary/aromatic N) is 2. The molecule has 0 aromatic heterocycles. The Hall–Kier alpha value is -3.12. The Balaban J connectivity index is 1.73. The Morgan fingerprint density at radius 3 is 1.68 bits per heavy atom. The average molecular weight is 667 g/mol. The van der Waals surface area contributed by atoms with E-state index in [2.05, 4.69) is 0 Å². The van der Waals surface area contributed by atoms with E-state index in [-0.39, 0.29) is 24.2 Å². The summed E-state index contributed by atoms with van der Waals surface area (Å²) in [6.45, 7) is -2.18.